The van der Waals surface area contributed by atoms with Gasteiger partial charge in [-0.3, -0.25) is 0 Å². The van der Waals surface area contributed by atoms with E-state index in [-0.39, 0.29) is 0 Å². The Morgan fingerprint density at radius 1 is 1.50 bits per heavy atom. The van der Waals surface area contributed by atoms with Gasteiger partial charge in [0.15, 0.2) is 0 Å². The summed E-state index contributed by atoms with van der Waals surface area (Å²) in [5.74, 6) is 1.17. The standard InChI is InChI=1S/C5H9.Sn.H/c1-5-3-2-4-5;;/h5H,1-4H2;;. The van der Waals surface area contributed by atoms with Crippen molar-refractivity contribution in [3.05, 3.63) is 0 Å². The molecule has 34 valence electrons. The first-order valence-corrected chi connectivity index (χ1v) is 4.96. The zero-order chi connectivity index (χ0) is 4.41. The van der Waals surface area contributed by atoms with Gasteiger partial charge < -0.3 is 0 Å². The molecule has 0 unspecified atom stereocenters. The number of hydrogen-bond acceptors (Lipinski definition) is 0. The molecule has 0 aromatic heterocycles. The third-order valence-corrected chi connectivity index (χ3v) is 3.46. The van der Waals surface area contributed by atoms with Gasteiger partial charge in [0.1, 0.15) is 0 Å². The fourth-order valence-electron chi connectivity index (χ4n) is 0.729. The molecule has 0 amide bonds. The predicted octanol–water partition coefficient (Wildman–Crippen LogP) is 1.11. The predicted molar refractivity (Wildman–Crippen MR) is 29.3 cm³/mol. The van der Waals surface area contributed by atoms with Crippen molar-refractivity contribution in [2.75, 3.05) is 0 Å². The van der Waals surface area contributed by atoms with Crippen LogP contribution < -0.4 is 0 Å². The van der Waals surface area contributed by atoms with Crippen LogP contribution in [0.25, 0.3) is 0 Å². The molecule has 1 aliphatic carbocycles. The van der Waals surface area contributed by atoms with Crippen LogP contribution in [-0.2, 0) is 0 Å². The van der Waals surface area contributed by atoms with E-state index in [1.165, 1.54) is 34.9 Å². The van der Waals surface area contributed by atoms with Crippen LogP contribution in [-0.4, -0.2) is 22.5 Å². The zero-order valence-electron chi connectivity index (χ0n) is 3.98. The molecule has 0 aliphatic heterocycles. The molecular weight excluding hydrogens is 179 g/mol. The molecule has 0 heterocycles. The summed E-state index contributed by atoms with van der Waals surface area (Å²) in [6, 6.07) is 0. The van der Waals surface area contributed by atoms with Gasteiger partial charge in [-0.2, -0.15) is 0 Å². The van der Waals surface area contributed by atoms with Gasteiger partial charge in [-0.1, -0.05) is 0 Å². The fourth-order valence-corrected chi connectivity index (χ4v) is 2.07. The van der Waals surface area contributed by atoms with Crippen molar-refractivity contribution in [3.8, 4) is 0 Å². The molecule has 1 fully saturated rings. The molecule has 0 aromatic rings. The second-order valence-electron chi connectivity index (χ2n) is 2.03. The van der Waals surface area contributed by atoms with E-state index in [4.69, 9.17) is 0 Å². The van der Waals surface area contributed by atoms with Gasteiger partial charge in [0.05, 0.1) is 0 Å². The molecule has 0 saturated heterocycles. The van der Waals surface area contributed by atoms with Crippen molar-refractivity contribution in [2.45, 2.75) is 23.7 Å². The van der Waals surface area contributed by atoms with Gasteiger partial charge in [-0.25, -0.2) is 0 Å². The van der Waals surface area contributed by atoms with Crippen LogP contribution in [0.2, 0.25) is 4.44 Å². The molecule has 1 rings (SSSR count). The summed E-state index contributed by atoms with van der Waals surface area (Å²) in [6.07, 6.45) is 4.61. The SMILES string of the molecule is [SnH][CH2]C1CCC1. The van der Waals surface area contributed by atoms with Crippen LogP contribution in [0.3, 0.4) is 0 Å². The monoisotopic (exact) mass is 190 g/mol. The van der Waals surface area contributed by atoms with Gasteiger partial charge in [0, 0.05) is 0 Å². The van der Waals surface area contributed by atoms with Gasteiger partial charge >= 0.3 is 52.1 Å². The van der Waals surface area contributed by atoms with Crippen molar-refractivity contribution in [2.24, 2.45) is 5.92 Å². The summed E-state index contributed by atoms with van der Waals surface area (Å²) in [4.78, 5) is 0. The molecule has 1 heteroatoms. The number of rotatable bonds is 1. The molecule has 6 heavy (non-hydrogen) atoms. The molecule has 0 bridgehead atoms. The first-order valence-electron chi connectivity index (χ1n) is 2.63. The average molecular weight is 189 g/mol. The van der Waals surface area contributed by atoms with E-state index < -0.39 is 0 Å². The Morgan fingerprint density at radius 3 is 2.17 bits per heavy atom. The topological polar surface area (TPSA) is 0 Å². The Morgan fingerprint density at radius 2 is 2.17 bits per heavy atom. The maximum atomic E-state index is 1.55. The van der Waals surface area contributed by atoms with E-state index in [0.29, 0.717) is 0 Å². The van der Waals surface area contributed by atoms with Crippen LogP contribution in [0, 0.1) is 5.92 Å². The Labute approximate surface area is 52.4 Å². The van der Waals surface area contributed by atoms with Gasteiger partial charge in [-0.05, 0) is 0 Å². The molecule has 0 nitrogen and oxygen atoms in total. The second kappa shape index (κ2) is 2.20. The Bertz CT molecular complexity index is 36.4. The van der Waals surface area contributed by atoms with E-state index in [1.54, 1.807) is 17.3 Å². The molecule has 0 aromatic carbocycles. The molecule has 0 N–H and O–H groups in total. The maximum absolute atomic E-state index is 1.55. The van der Waals surface area contributed by atoms with Crippen molar-refractivity contribution < 1.29 is 0 Å². The zero-order valence-corrected chi connectivity index (χ0v) is 7.28. The van der Waals surface area contributed by atoms with Crippen molar-refractivity contribution >= 4 is 22.5 Å². The van der Waals surface area contributed by atoms with E-state index in [2.05, 4.69) is 0 Å². The molecule has 2 radical (unpaired) electrons. The first-order chi connectivity index (χ1) is 2.93. The van der Waals surface area contributed by atoms with Crippen molar-refractivity contribution in [3.63, 3.8) is 0 Å². The van der Waals surface area contributed by atoms with E-state index in [0.717, 1.165) is 0 Å². The molecule has 0 spiro atoms. The summed E-state index contributed by atoms with van der Waals surface area (Å²) < 4.78 is 1.55. The quantitative estimate of drug-likeness (QED) is 0.541. The van der Waals surface area contributed by atoms with Crippen LogP contribution >= 0.6 is 0 Å². The molecule has 1 aliphatic rings. The Balaban J connectivity index is 2.01. The van der Waals surface area contributed by atoms with E-state index in [9.17, 15) is 0 Å². The summed E-state index contributed by atoms with van der Waals surface area (Å²) in [7, 11) is 0. The number of hydrogen-bond donors (Lipinski definition) is 0. The van der Waals surface area contributed by atoms with Gasteiger partial charge in [-0.15, -0.1) is 0 Å². The molecule has 0 atom stereocenters. The van der Waals surface area contributed by atoms with E-state index in [1.807, 2.05) is 0 Å². The summed E-state index contributed by atoms with van der Waals surface area (Å²) in [6.45, 7) is 0. The Hall–Kier alpha value is 0.799. The minimum absolute atomic E-state index is 1.17. The first kappa shape index (κ1) is 4.95. The normalized spacial score (nSPS) is 23.5. The fraction of sp³-hybridized carbons (Fsp3) is 1.00. The van der Waals surface area contributed by atoms with E-state index >= 15 is 0 Å². The minimum atomic E-state index is 1.17. The average Bonchev–Trinajstić information content (AvgIpc) is 1.31. The third kappa shape index (κ3) is 0.894. The second-order valence-corrected chi connectivity index (χ2v) is 3.38. The van der Waals surface area contributed by atoms with Crippen LogP contribution in [0.1, 0.15) is 19.3 Å². The van der Waals surface area contributed by atoms with Crippen molar-refractivity contribution in [1.29, 1.82) is 0 Å². The third-order valence-electron chi connectivity index (χ3n) is 1.56. The molecular formula is C5H10Sn. The molecule has 1 saturated carbocycles. The van der Waals surface area contributed by atoms with Crippen molar-refractivity contribution in [1.82, 2.24) is 0 Å². The summed E-state index contributed by atoms with van der Waals surface area (Å²) in [5.41, 5.74) is 0. The van der Waals surface area contributed by atoms with Crippen LogP contribution in [0.5, 0.6) is 0 Å². The van der Waals surface area contributed by atoms with Gasteiger partial charge in [0.2, 0.25) is 0 Å². The van der Waals surface area contributed by atoms with Crippen LogP contribution in [0.4, 0.5) is 0 Å². The van der Waals surface area contributed by atoms with Crippen LogP contribution in [0.15, 0.2) is 0 Å². The summed E-state index contributed by atoms with van der Waals surface area (Å²) >= 11 is 1.49. The van der Waals surface area contributed by atoms with Gasteiger partial charge in [0.25, 0.3) is 0 Å². The summed E-state index contributed by atoms with van der Waals surface area (Å²) in [5, 5.41) is 0. The Kier molecular flexibility index (Phi) is 1.81.